The fourth-order valence-electron chi connectivity index (χ4n) is 3.49. The molecule has 2 aliphatic rings. The highest BCUT2D eigenvalue weighted by Crippen LogP contribution is 2.18. The largest absolute Gasteiger partial charge is 0.459 e. The van der Waals surface area contributed by atoms with Gasteiger partial charge >= 0.3 is 6.03 Å². The predicted molar refractivity (Wildman–Crippen MR) is 86.2 cm³/mol. The van der Waals surface area contributed by atoms with Gasteiger partial charge in [0.05, 0.1) is 6.26 Å². The third-order valence-corrected chi connectivity index (χ3v) is 4.72. The lowest BCUT2D eigenvalue weighted by molar-refractivity contribution is 0.0665. The summed E-state index contributed by atoms with van der Waals surface area (Å²) < 4.78 is 5.17. The van der Waals surface area contributed by atoms with E-state index in [1.807, 2.05) is 0 Å². The van der Waals surface area contributed by atoms with Crippen LogP contribution in [0.3, 0.4) is 0 Å². The Kier molecular flexibility index (Phi) is 5.20. The Bertz CT molecular complexity index is 523. The molecule has 0 aromatic carbocycles. The molecule has 2 fully saturated rings. The smallest absolute Gasteiger partial charge is 0.315 e. The summed E-state index contributed by atoms with van der Waals surface area (Å²) in [6, 6.07) is 3.59. The van der Waals surface area contributed by atoms with Gasteiger partial charge in [0, 0.05) is 25.2 Å². The van der Waals surface area contributed by atoms with Crippen LogP contribution in [0.5, 0.6) is 0 Å². The molecule has 3 amide bonds. The first-order valence-electron chi connectivity index (χ1n) is 8.62. The van der Waals surface area contributed by atoms with Crippen molar-refractivity contribution in [3.63, 3.8) is 0 Å². The maximum Gasteiger partial charge on any atom is 0.315 e. The van der Waals surface area contributed by atoms with Gasteiger partial charge in [-0.15, -0.1) is 0 Å². The van der Waals surface area contributed by atoms with E-state index in [9.17, 15) is 9.59 Å². The number of nitrogens with zero attached hydrogens (tertiary/aromatic N) is 1. The van der Waals surface area contributed by atoms with E-state index in [2.05, 4.69) is 10.6 Å². The van der Waals surface area contributed by atoms with E-state index in [0.717, 1.165) is 25.7 Å². The molecule has 1 aromatic rings. The Hall–Kier alpha value is -1.98. The lowest BCUT2D eigenvalue weighted by atomic mass is 9.96. The second kappa shape index (κ2) is 7.53. The molecule has 126 valence electrons. The van der Waals surface area contributed by atoms with Gasteiger partial charge in [0.25, 0.3) is 5.91 Å². The number of nitrogens with one attached hydrogen (secondary N) is 2. The topological polar surface area (TPSA) is 74.6 Å². The van der Waals surface area contributed by atoms with Crippen LogP contribution < -0.4 is 10.6 Å². The molecule has 0 bridgehead atoms. The molecule has 6 nitrogen and oxygen atoms in total. The molecule has 1 saturated heterocycles. The molecule has 3 rings (SSSR count). The number of amides is 3. The van der Waals surface area contributed by atoms with Gasteiger partial charge < -0.3 is 20.0 Å². The third-order valence-electron chi connectivity index (χ3n) is 4.72. The lowest BCUT2D eigenvalue weighted by Crippen LogP contribution is -2.53. The van der Waals surface area contributed by atoms with Crippen LogP contribution in [0.1, 0.15) is 55.5 Å². The summed E-state index contributed by atoms with van der Waals surface area (Å²) in [5.41, 5.74) is 0. The lowest BCUT2D eigenvalue weighted by Gasteiger charge is -2.33. The van der Waals surface area contributed by atoms with E-state index in [4.69, 9.17) is 4.42 Å². The molecule has 6 heteroatoms. The average molecular weight is 319 g/mol. The van der Waals surface area contributed by atoms with E-state index >= 15 is 0 Å². The zero-order valence-electron chi connectivity index (χ0n) is 13.4. The molecule has 1 aliphatic heterocycles. The van der Waals surface area contributed by atoms with Crippen molar-refractivity contribution in [1.82, 2.24) is 15.5 Å². The van der Waals surface area contributed by atoms with Gasteiger partial charge in [0.15, 0.2) is 5.76 Å². The van der Waals surface area contributed by atoms with E-state index in [1.54, 1.807) is 17.0 Å². The number of carbonyl (C=O) groups excluding carboxylic acids is 2. The summed E-state index contributed by atoms with van der Waals surface area (Å²) in [5, 5.41) is 6.09. The minimum absolute atomic E-state index is 0.00579. The van der Waals surface area contributed by atoms with Crippen molar-refractivity contribution in [3.05, 3.63) is 24.2 Å². The van der Waals surface area contributed by atoms with Crippen LogP contribution in [-0.4, -0.2) is 42.0 Å². The summed E-state index contributed by atoms with van der Waals surface area (Å²) in [7, 11) is 0. The number of furan rings is 1. The van der Waals surface area contributed by atoms with Gasteiger partial charge in [-0.25, -0.2) is 4.79 Å². The van der Waals surface area contributed by atoms with Crippen LogP contribution in [0.15, 0.2) is 22.8 Å². The summed E-state index contributed by atoms with van der Waals surface area (Å²) in [6.45, 7) is 1.25. The van der Waals surface area contributed by atoms with Crippen LogP contribution in [0.25, 0.3) is 0 Å². The van der Waals surface area contributed by atoms with Crippen molar-refractivity contribution < 1.29 is 14.0 Å². The summed E-state index contributed by atoms with van der Waals surface area (Å²) >= 11 is 0. The van der Waals surface area contributed by atoms with Gasteiger partial charge in [-0.05, 0) is 37.8 Å². The molecule has 1 atom stereocenters. The van der Waals surface area contributed by atoms with Crippen molar-refractivity contribution in [3.8, 4) is 0 Å². The fraction of sp³-hybridized carbons (Fsp3) is 0.647. The van der Waals surface area contributed by atoms with E-state index in [1.165, 1.54) is 25.5 Å². The Morgan fingerprint density at radius 3 is 2.52 bits per heavy atom. The highest BCUT2D eigenvalue weighted by atomic mass is 16.3. The molecular formula is C17H25N3O3. The van der Waals surface area contributed by atoms with Gasteiger partial charge in [-0.1, -0.05) is 19.3 Å². The molecule has 1 aliphatic carbocycles. The maximum atomic E-state index is 12.3. The maximum absolute atomic E-state index is 12.3. The fourth-order valence-corrected chi connectivity index (χ4v) is 3.49. The monoisotopic (exact) mass is 319 g/mol. The van der Waals surface area contributed by atoms with Crippen LogP contribution in [0.4, 0.5) is 4.79 Å². The second-order valence-corrected chi connectivity index (χ2v) is 6.52. The van der Waals surface area contributed by atoms with E-state index in [-0.39, 0.29) is 18.0 Å². The number of carbonyl (C=O) groups is 2. The van der Waals surface area contributed by atoms with Crippen molar-refractivity contribution in [1.29, 1.82) is 0 Å². The first-order valence-corrected chi connectivity index (χ1v) is 8.62. The number of piperidine rings is 1. The highest BCUT2D eigenvalue weighted by Gasteiger charge is 2.27. The SMILES string of the molecule is O=C(NC1CCCCC1)NC1CCCN(C(=O)c2ccco2)C1. The molecule has 0 spiro atoms. The van der Waals surface area contributed by atoms with Gasteiger partial charge in [0.2, 0.25) is 0 Å². The van der Waals surface area contributed by atoms with Gasteiger partial charge in [0.1, 0.15) is 0 Å². The number of rotatable bonds is 3. The number of likely N-dealkylation sites (tertiary alicyclic amines) is 1. The minimum atomic E-state index is -0.103. The zero-order chi connectivity index (χ0) is 16.1. The van der Waals surface area contributed by atoms with Crippen molar-refractivity contribution >= 4 is 11.9 Å². The number of hydrogen-bond acceptors (Lipinski definition) is 3. The van der Waals surface area contributed by atoms with E-state index < -0.39 is 0 Å². The Morgan fingerprint density at radius 2 is 1.78 bits per heavy atom. The van der Waals surface area contributed by atoms with Gasteiger partial charge in [-0.2, -0.15) is 0 Å². The number of hydrogen-bond donors (Lipinski definition) is 2. The standard InChI is InChI=1S/C17H25N3O3/c21-16(15-9-5-11-23-15)20-10-4-8-14(12-20)19-17(22)18-13-6-2-1-3-7-13/h5,9,11,13-14H,1-4,6-8,10,12H2,(H2,18,19,22). The molecule has 2 N–H and O–H groups in total. The molecule has 0 radical (unpaired) electrons. The first kappa shape index (κ1) is 15.9. The van der Waals surface area contributed by atoms with Crippen LogP contribution >= 0.6 is 0 Å². The second-order valence-electron chi connectivity index (χ2n) is 6.52. The molecular weight excluding hydrogens is 294 g/mol. The van der Waals surface area contributed by atoms with Crippen LogP contribution in [0.2, 0.25) is 0 Å². The Labute approximate surface area is 136 Å². The summed E-state index contributed by atoms with van der Waals surface area (Å²) in [5.74, 6) is 0.256. The zero-order valence-corrected chi connectivity index (χ0v) is 13.4. The Morgan fingerprint density at radius 1 is 1.04 bits per heavy atom. The Balaban J connectivity index is 1.48. The van der Waals surface area contributed by atoms with E-state index in [0.29, 0.717) is 24.9 Å². The quantitative estimate of drug-likeness (QED) is 0.899. The number of urea groups is 1. The minimum Gasteiger partial charge on any atom is -0.459 e. The summed E-state index contributed by atoms with van der Waals surface area (Å²) in [4.78, 5) is 26.2. The van der Waals surface area contributed by atoms with Gasteiger partial charge in [-0.3, -0.25) is 4.79 Å². The first-order chi connectivity index (χ1) is 11.2. The molecule has 1 unspecified atom stereocenters. The normalized spacial score (nSPS) is 22.6. The van der Waals surface area contributed by atoms with Crippen molar-refractivity contribution in [2.75, 3.05) is 13.1 Å². The van der Waals surface area contributed by atoms with Crippen molar-refractivity contribution in [2.24, 2.45) is 0 Å². The van der Waals surface area contributed by atoms with Crippen LogP contribution in [-0.2, 0) is 0 Å². The molecule has 1 saturated carbocycles. The third kappa shape index (κ3) is 4.27. The predicted octanol–water partition coefficient (Wildman–Crippen LogP) is 2.52. The molecule has 2 heterocycles. The highest BCUT2D eigenvalue weighted by molar-refractivity contribution is 5.91. The molecule has 23 heavy (non-hydrogen) atoms. The average Bonchev–Trinajstić information content (AvgIpc) is 3.09. The summed E-state index contributed by atoms with van der Waals surface area (Å²) in [6.07, 6.45) is 9.10. The van der Waals surface area contributed by atoms with Crippen LogP contribution in [0, 0.1) is 0 Å². The van der Waals surface area contributed by atoms with Crippen molar-refractivity contribution in [2.45, 2.75) is 57.0 Å². The molecule has 1 aromatic heterocycles.